The molecule has 2 rings (SSSR count). The summed E-state index contributed by atoms with van der Waals surface area (Å²) in [5.74, 6) is -1.11. The Hall–Kier alpha value is -3.25. The smallest absolute Gasteiger partial charge is 0.434 e. The maximum Gasteiger partial charge on any atom is 0.434 e. The van der Waals surface area contributed by atoms with Gasteiger partial charge in [-0.15, -0.1) is 0 Å². The third-order valence-electron chi connectivity index (χ3n) is 4.01. The minimum atomic E-state index is -5.07. The van der Waals surface area contributed by atoms with E-state index >= 15 is 0 Å². The highest BCUT2D eigenvalue weighted by molar-refractivity contribution is 5.95. The van der Waals surface area contributed by atoms with Crippen LogP contribution in [0, 0.1) is 0 Å². The molecule has 182 valence electrons. The van der Waals surface area contributed by atoms with Crippen molar-refractivity contribution < 1.29 is 40.7 Å². The lowest BCUT2D eigenvalue weighted by Gasteiger charge is -2.19. The Morgan fingerprint density at radius 3 is 2.21 bits per heavy atom. The van der Waals surface area contributed by atoms with Gasteiger partial charge in [-0.2, -0.15) is 31.4 Å². The van der Waals surface area contributed by atoms with Crippen LogP contribution in [-0.4, -0.2) is 40.5 Å². The van der Waals surface area contributed by atoms with E-state index in [4.69, 9.17) is 4.74 Å². The van der Waals surface area contributed by atoms with E-state index in [9.17, 15) is 35.9 Å². The molecule has 7 nitrogen and oxygen atoms in total. The Bertz CT molecular complexity index is 993. The summed E-state index contributed by atoms with van der Waals surface area (Å²) in [7, 11) is 0. The average molecular weight is 480 g/mol. The first-order chi connectivity index (χ1) is 15.1. The van der Waals surface area contributed by atoms with E-state index in [1.54, 1.807) is 20.8 Å². The molecule has 0 bridgehead atoms. The van der Waals surface area contributed by atoms with E-state index in [0.717, 1.165) is 12.1 Å². The zero-order chi connectivity index (χ0) is 25.0. The van der Waals surface area contributed by atoms with Gasteiger partial charge in [-0.25, -0.2) is 9.48 Å². The first-order valence-electron chi connectivity index (χ1n) is 9.67. The summed E-state index contributed by atoms with van der Waals surface area (Å²) in [4.78, 5) is 23.8. The summed E-state index contributed by atoms with van der Waals surface area (Å²) in [5, 5.41) is 8.19. The SMILES string of the molecule is CC(C)(C)OC(=O)NCCCNC(=O)c1cnn(-c2cccc(C(F)(F)F)c2)c1C(F)(F)F. The van der Waals surface area contributed by atoms with Crippen LogP contribution in [0.3, 0.4) is 0 Å². The number of nitrogens with zero attached hydrogens (tertiary/aromatic N) is 2. The molecule has 0 radical (unpaired) electrons. The first-order valence-corrected chi connectivity index (χ1v) is 9.67. The molecule has 0 aliphatic heterocycles. The van der Waals surface area contributed by atoms with E-state index in [1.165, 1.54) is 0 Å². The van der Waals surface area contributed by atoms with E-state index < -0.39 is 52.5 Å². The number of alkyl carbamates (subject to hydrolysis) is 1. The number of amides is 2. The number of hydrogen-bond donors (Lipinski definition) is 2. The Labute approximate surface area is 185 Å². The number of carbonyl (C=O) groups is 2. The predicted octanol–water partition coefficient (Wildman–Crippen LogP) is 4.55. The molecule has 1 aromatic heterocycles. The van der Waals surface area contributed by atoms with Gasteiger partial charge in [0.1, 0.15) is 5.60 Å². The van der Waals surface area contributed by atoms with Crippen molar-refractivity contribution in [2.24, 2.45) is 0 Å². The monoisotopic (exact) mass is 480 g/mol. The van der Waals surface area contributed by atoms with Crippen molar-refractivity contribution in [2.75, 3.05) is 13.1 Å². The van der Waals surface area contributed by atoms with Gasteiger partial charge in [0.05, 0.1) is 23.0 Å². The molecule has 2 N–H and O–H groups in total. The van der Waals surface area contributed by atoms with Crippen LogP contribution in [0.2, 0.25) is 0 Å². The summed E-state index contributed by atoms with van der Waals surface area (Å²) in [6.45, 7) is 5.02. The molecule has 0 aliphatic rings. The molecular weight excluding hydrogens is 458 g/mol. The minimum absolute atomic E-state index is 0.0827. The highest BCUT2D eigenvalue weighted by atomic mass is 19.4. The zero-order valence-corrected chi connectivity index (χ0v) is 17.9. The van der Waals surface area contributed by atoms with Crippen LogP contribution in [0.15, 0.2) is 30.5 Å². The number of rotatable bonds is 6. The molecule has 0 fully saturated rings. The van der Waals surface area contributed by atoms with Gasteiger partial charge in [0.25, 0.3) is 5.91 Å². The van der Waals surface area contributed by atoms with Crippen LogP contribution in [-0.2, 0) is 17.1 Å². The van der Waals surface area contributed by atoms with Gasteiger partial charge in [-0.1, -0.05) is 6.07 Å². The van der Waals surface area contributed by atoms with Crippen LogP contribution >= 0.6 is 0 Å². The lowest BCUT2D eigenvalue weighted by Crippen LogP contribution is -2.34. The molecule has 0 atom stereocenters. The Balaban J connectivity index is 2.11. The predicted molar refractivity (Wildman–Crippen MR) is 105 cm³/mol. The lowest BCUT2D eigenvalue weighted by molar-refractivity contribution is -0.143. The van der Waals surface area contributed by atoms with Crippen LogP contribution < -0.4 is 10.6 Å². The van der Waals surface area contributed by atoms with Gasteiger partial charge < -0.3 is 15.4 Å². The summed E-state index contributed by atoms with van der Waals surface area (Å²) in [6, 6.07) is 3.17. The molecule has 0 saturated heterocycles. The van der Waals surface area contributed by atoms with E-state index in [1.807, 2.05) is 0 Å². The number of ether oxygens (including phenoxy) is 1. The maximum atomic E-state index is 13.7. The molecule has 2 aromatic rings. The van der Waals surface area contributed by atoms with Crippen molar-refractivity contribution in [3.63, 3.8) is 0 Å². The summed E-state index contributed by atoms with van der Waals surface area (Å²) >= 11 is 0. The number of carbonyl (C=O) groups excluding carboxylic acids is 2. The Kier molecular flexibility index (Phi) is 7.65. The molecule has 13 heteroatoms. The van der Waals surface area contributed by atoms with Gasteiger partial charge in [-0.3, -0.25) is 4.79 Å². The Morgan fingerprint density at radius 1 is 1.00 bits per heavy atom. The van der Waals surface area contributed by atoms with E-state index in [0.29, 0.717) is 18.3 Å². The van der Waals surface area contributed by atoms with Crippen molar-refractivity contribution in [1.29, 1.82) is 0 Å². The topological polar surface area (TPSA) is 85.2 Å². The minimum Gasteiger partial charge on any atom is -0.444 e. The molecule has 0 unspecified atom stereocenters. The molecule has 33 heavy (non-hydrogen) atoms. The number of benzene rings is 1. The second-order valence-corrected chi connectivity index (χ2v) is 7.90. The normalized spacial score (nSPS) is 12.4. The first kappa shape index (κ1) is 26.0. The summed E-state index contributed by atoms with van der Waals surface area (Å²) in [5.41, 5.74) is -4.72. The summed E-state index contributed by atoms with van der Waals surface area (Å²) < 4.78 is 85.1. The van der Waals surface area contributed by atoms with Crippen molar-refractivity contribution in [2.45, 2.75) is 45.1 Å². The lowest BCUT2D eigenvalue weighted by atomic mass is 10.1. The molecule has 2 amide bonds. The number of halogens is 6. The molecule has 0 saturated carbocycles. The van der Waals surface area contributed by atoms with Crippen LogP contribution in [0.5, 0.6) is 0 Å². The average Bonchev–Trinajstić information content (AvgIpc) is 3.11. The zero-order valence-electron chi connectivity index (χ0n) is 17.9. The fourth-order valence-electron chi connectivity index (χ4n) is 2.69. The second kappa shape index (κ2) is 9.71. The third-order valence-corrected chi connectivity index (χ3v) is 4.01. The highest BCUT2D eigenvalue weighted by Crippen LogP contribution is 2.35. The van der Waals surface area contributed by atoms with Gasteiger partial charge in [-0.05, 0) is 45.4 Å². The number of alkyl halides is 6. The van der Waals surface area contributed by atoms with E-state index in [-0.39, 0.29) is 24.2 Å². The molecular formula is C20H22F6N4O3. The van der Waals surface area contributed by atoms with Crippen LogP contribution in [0.1, 0.15) is 48.8 Å². The summed E-state index contributed by atoms with van der Waals surface area (Å²) in [6.07, 6.45) is -9.70. The van der Waals surface area contributed by atoms with Crippen molar-refractivity contribution >= 4 is 12.0 Å². The van der Waals surface area contributed by atoms with Crippen molar-refractivity contribution in [1.82, 2.24) is 20.4 Å². The molecule has 1 aromatic carbocycles. The molecule has 0 aliphatic carbocycles. The van der Waals surface area contributed by atoms with Gasteiger partial charge in [0.15, 0.2) is 5.69 Å². The highest BCUT2D eigenvalue weighted by Gasteiger charge is 2.41. The van der Waals surface area contributed by atoms with E-state index in [2.05, 4.69) is 15.7 Å². The number of nitrogens with one attached hydrogen (secondary N) is 2. The van der Waals surface area contributed by atoms with Crippen LogP contribution in [0.25, 0.3) is 5.69 Å². The fourth-order valence-corrected chi connectivity index (χ4v) is 2.69. The Morgan fingerprint density at radius 2 is 1.64 bits per heavy atom. The number of hydrogen-bond acceptors (Lipinski definition) is 4. The fraction of sp³-hybridized carbons (Fsp3) is 0.450. The molecule has 1 heterocycles. The molecule has 0 spiro atoms. The standard InChI is InChI=1S/C20H22F6N4O3/c1-18(2,3)33-17(32)28-9-5-8-27-16(31)14-11-29-30(15(14)20(24,25)26)13-7-4-6-12(10-13)19(21,22)23/h4,6-7,10-11H,5,8-9H2,1-3H3,(H,27,31)(H,28,32). The quantitative estimate of drug-likeness (QED) is 0.469. The maximum absolute atomic E-state index is 13.7. The second-order valence-electron chi connectivity index (χ2n) is 7.90. The van der Waals surface area contributed by atoms with Crippen molar-refractivity contribution in [3.05, 3.63) is 47.3 Å². The van der Waals surface area contributed by atoms with Gasteiger partial charge in [0.2, 0.25) is 0 Å². The van der Waals surface area contributed by atoms with Gasteiger partial charge in [0, 0.05) is 13.1 Å². The third kappa shape index (κ3) is 7.39. The number of aromatic nitrogens is 2. The largest absolute Gasteiger partial charge is 0.444 e. The van der Waals surface area contributed by atoms with Crippen LogP contribution in [0.4, 0.5) is 31.1 Å². The van der Waals surface area contributed by atoms with Crippen molar-refractivity contribution in [3.8, 4) is 5.69 Å². The van der Waals surface area contributed by atoms with Gasteiger partial charge >= 0.3 is 18.4 Å².